The predicted octanol–water partition coefficient (Wildman–Crippen LogP) is 2.94. The van der Waals surface area contributed by atoms with Gasteiger partial charge in [-0.15, -0.1) is 0 Å². The Morgan fingerprint density at radius 1 is 1.10 bits per heavy atom. The summed E-state index contributed by atoms with van der Waals surface area (Å²) in [5, 5.41) is 0. The zero-order valence-electron chi connectivity index (χ0n) is 11.5. The van der Waals surface area contributed by atoms with Gasteiger partial charge in [-0.2, -0.15) is 0 Å². The Morgan fingerprint density at radius 2 is 1.90 bits per heavy atom. The van der Waals surface area contributed by atoms with Gasteiger partial charge in [0.05, 0.1) is 0 Å². The van der Waals surface area contributed by atoms with Gasteiger partial charge in [0.2, 0.25) is 0 Å². The standard InChI is InChI=1S/C17H19N2O/c1-2-6-17(7-3-1)20-14-16-5-4-12-19(16)13-15-8-10-18-11-9-15/h1-4,6-11,16H,5,12-14H2/t16-/m0/s1. The normalized spacial score (nSPS) is 19.1. The number of benzene rings is 1. The molecule has 1 atom stereocenters. The number of likely N-dealkylation sites (tertiary alicyclic amines) is 1. The van der Waals surface area contributed by atoms with Crippen molar-refractivity contribution in [1.29, 1.82) is 0 Å². The maximum absolute atomic E-state index is 5.88. The van der Waals surface area contributed by atoms with E-state index in [2.05, 4.69) is 28.4 Å². The van der Waals surface area contributed by atoms with Crippen LogP contribution in [0.3, 0.4) is 0 Å². The van der Waals surface area contributed by atoms with Crippen molar-refractivity contribution in [3.63, 3.8) is 0 Å². The van der Waals surface area contributed by atoms with Crippen LogP contribution in [0.5, 0.6) is 5.75 Å². The van der Waals surface area contributed by atoms with E-state index in [9.17, 15) is 0 Å². The van der Waals surface area contributed by atoms with Crippen molar-refractivity contribution in [1.82, 2.24) is 9.88 Å². The highest BCUT2D eigenvalue weighted by Crippen LogP contribution is 2.20. The second kappa shape index (κ2) is 6.53. The van der Waals surface area contributed by atoms with Crippen molar-refractivity contribution in [3.8, 4) is 5.75 Å². The van der Waals surface area contributed by atoms with Crippen LogP contribution in [-0.4, -0.2) is 29.1 Å². The quantitative estimate of drug-likeness (QED) is 0.833. The van der Waals surface area contributed by atoms with Gasteiger partial charge in [-0.05, 0) is 42.7 Å². The summed E-state index contributed by atoms with van der Waals surface area (Å²) >= 11 is 0. The Hall–Kier alpha value is -1.87. The van der Waals surface area contributed by atoms with Gasteiger partial charge in [0, 0.05) is 31.5 Å². The van der Waals surface area contributed by atoms with Crippen LogP contribution in [0.2, 0.25) is 0 Å². The van der Waals surface area contributed by atoms with Gasteiger partial charge in [0.1, 0.15) is 12.4 Å². The van der Waals surface area contributed by atoms with Gasteiger partial charge in [-0.1, -0.05) is 18.2 Å². The van der Waals surface area contributed by atoms with E-state index in [1.54, 1.807) is 0 Å². The van der Waals surface area contributed by atoms with E-state index in [1.165, 1.54) is 5.56 Å². The van der Waals surface area contributed by atoms with Crippen molar-refractivity contribution >= 4 is 0 Å². The highest BCUT2D eigenvalue weighted by atomic mass is 16.5. The number of hydrogen-bond acceptors (Lipinski definition) is 3. The Kier molecular flexibility index (Phi) is 4.28. The summed E-state index contributed by atoms with van der Waals surface area (Å²) in [4.78, 5) is 6.52. The molecule has 1 radical (unpaired) electrons. The van der Waals surface area contributed by atoms with E-state index in [-0.39, 0.29) is 0 Å². The molecule has 0 bridgehead atoms. The fourth-order valence-electron chi connectivity index (χ4n) is 2.53. The summed E-state index contributed by atoms with van der Waals surface area (Å²) < 4.78 is 5.88. The summed E-state index contributed by atoms with van der Waals surface area (Å²) in [5.74, 6) is 0.947. The lowest BCUT2D eigenvalue weighted by Gasteiger charge is -2.24. The summed E-state index contributed by atoms with van der Waals surface area (Å²) in [5.41, 5.74) is 1.31. The van der Waals surface area contributed by atoms with Crippen LogP contribution < -0.4 is 4.74 Å². The van der Waals surface area contributed by atoms with E-state index in [0.29, 0.717) is 6.04 Å². The van der Waals surface area contributed by atoms with Crippen LogP contribution in [0.1, 0.15) is 12.0 Å². The molecule has 0 aliphatic carbocycles. The highest BCUT2D eigenvalue weighted by molar-refractivity contribution is 5.21. The Labute approximate surface area is 120 Å². The number of para-hydroxylation sites is 1. The zero-order chi connectivity index (χ0) is 13.6. The molecule has 0 spiro atoms. The van der Waals surface area contributed by atoms with Gasteiger partial charge in [-0.3, -0.25) is 9.88 Å². The first-order valence-corrected chi connectivity index (χ1v) is 7.04. The smallest absolute Gasteiger partial charge is 0.119 e. The number of pyridine rings is 1. The molecule has 0 saturated carbocycles. The maximum Gasteiger partial charge on any atom is 0.119 e. The number of ether oxygens (including phenoxy) is 1. The van der Waals surface area contributed by atoms with Crippen LogP contribution in [0.15, 0.2) is 54.9 Å². The predicted molar refractivity (Wildman–Crippen MR) is 79.3 cm³/mol. The van der Waals surface area contributed by atoms with E-state index >= 15 is 0 Å². The fraction of sp³-hybridized carbons (Fsp3) is 0.294. The SMILES string of the molecule is [CH]1C[C@@H](COc2ccccc2)N(Cc2ccncc2)C1. The van der Waals surface area contributed by atoms with Gasteiger partial charge in [0.15, 0.2) is 0 Å². The number of nitrogens with zero attached hydrogens (tertiary/aromatic N) is 2. The van der Waals surface area contributed by atoms with Gasteiger partial charge in [0.25, 0.3) is 0 Å². The molecule has 3 rings (SSSR count). The summed E-state index contributed by atoms with van der Waals surface area (Å²) in [6.45, 7) is 2.73. The van der Waals surface area contributed by atoms with Crippen LogP contribution in [-0.2, 0) is 6.54 Å². The Bertz CT molecular complexity index is 515. The van der Waals surface area contributed by atoms with E-state index < -0.39 is 0 Å². The first-order chi connectivity index (χ1) is 9.92. The van der Waals surface area contributed by atoms with Crippen LogP contribution in [0.4, 0.5) is 0 Å². The third-order valence-electron chi connectivity index (χ3n) is 3.64. The van der Waals surface area contributed by atoms with E-state index in [0.717, 1.165) is 31.9 Å². The lowest BCUT2D eigenvalue weighted by Crippen LogP contribution is -2.33. The minimum Gasteiger partial charge on any atom is -0.492 e. The molecule has 0 amide bonds. The minimum atomic E-state index is 0.461. The Balaban J connectivity index is 1.56. The zero-order valence-corrected chi connectivity index (χ0v) is 11.5. The first kappa shape index (κ1) is 13.1. The number of rotatable bonds is 5. The van der Waals surface area contributed by atoms with Gasteiger partial charge < -0.3 is 4.74 Å². The monoisotopic (exact) mass is 267 g/mol. The van der Waals surface area contributed by atoms with Crippen molar-refractivity contribution in [2.24, 2.45) is 0 Å². The molecule has 3 heteroatoms. The second-order valence-electron chi connectivity index (χ2n) is 5.09. The lowest BCUT2D eigenvalue weighted by atomic mass is 10.2. The fourth-order valence-corrected chi connectivity index (χ4v) is 2.53. The van der Waals surface area contributed by atoms with Crippen LogP contribution >= 0.6 is 0 Å². The van der Waals surface area contributed by atoms with Crippen molar-refractivity contribution < 1.29 is 4.74 Å². The molecule has 2 aromatic rings. The topological polar surface area (TPSA) is 25.4 Å². The summed E-state index contributed by atoms with van der Waals surface area (Å²) in [7, 11) is 0. The number of hydrogen-bond donors (Lipinski definition) is 0. The van der Waals surface area contributed by atoms with Crippen LogP contribution in [0, 0.1) is 6.42 Å². The maximum atomic E-state index is 5.88. The molecule has 103 valence electrons. The van der Waals surface area contributed by atoms with Crippen molar-refractivity contribution in [2.75, 3.05) is 13.2 Å². The van der Waals surface area contributed by atoms with Crippen molar-refractivity contribution in [2.45, 2.75) is 19.0 Å². The minimum absolute atomic E-state index is 0.461. The Morgan fingerprint density at radius 3 is 2.70 bits per heavy atom. The average molecular weight is 267 g/mol. The van der Waals surface area contributed by atoms with E-state index in [1.807, 2.05) is 42.7 Å². The van der Waals surface area contributed by atoms with Crippen LogP contribution in [0.25, 0.3) is 0 Å². The molecule has 0 N–H and O–H groups in total. The molecule has 1 aromatic carbocycles. The molecule has 2 heterocycles. The van der Waals surface area contributed by atoms with E-state index in [4.69, 9.17) is 4.74 Å². The molecule has 20 heavy (non-hydrogen) atoms. The molecular weight excluding hydrogens is 248 g/mol. The molecule has 1 aromatic heterocycles. The molecule has 1 aliphatic rings. The van der Waals surface area contributed by atoms with Gasteiger partial charge >= 0.3 is 0 Å². The third kappa shape index (κ3) is 3.36. The summed E-state index contributed by atoms with van der Waals surface area (Å²) in [6, 6.07) is 14.6. The third-order valence-corrected chi connectivity index (χ3v) is 3.64. The molecule has 1 aliphatic heterocycles. The average Bonchev–Trinajstić information content (AvgIpc) is 2.94. The second-order valence-corrected chi connectivity index (χ2v) is 5.09. The molecule has 1 fully saturated rings. The van der Waals surface area contributed by atoms with Crippen molar-refractivity contribution in [3.05, 3.63) is 66.8 Å². The summed E-state index contributed by atoms with van der Waals surface area (Å²) in [6.07, 6.45) is 7.13. The highest BCUT2D eigenvalue weighted by Gasteiger charge is 2.25. The molecule has 1 saturated heterocycles. The number of aromatic nitrogens is 1. The molecular formula is C17H19N2O. The largest absolute Gasteiger partial charge is 0.492 e. The molecule has 0 unspecified atom stereocenters. The van der Waals surface area contributed by atoms with Gasteiger partial charge in [-0.25, -0.2) is 0 Å². The first-order valence-electron chi connectivity index (χ1n) is 7.04. The molecule has 3 nitrogen and oxygen atoms in total. The lowest BCUT2D eigenvalue weighted by molar-refractivity contribution is 0.167.